The zero-order valence-corrected chi connectivity index (χ0v) is 12.8. The average molecular weight is 321 g/mol. The smallest absolute Gasteiger partial charge is 0.422 e. The van der Waals surface area contributed by atoms with Crippen LogP contribution in [0.2, 0.25) is 0 Å². The fraction of sp³-hybridized carbons (Fsp3) is 0.636. The van der Waals surface area contributed by atoms with Gasteiger partial charge in [-0.15, -0.1) is 0 Å². The van der Waals surface area contributed by atoms with Crippen molar-refractivity contribution in [1.29, 1.82) is 0 Å². The number of ether oxygens (including phenoxy) is 1. The van der Waals surface area contributed by atoms with Crippen molar-refractivity contribution in [3.8, 4) is 0 Å². The first-order valence-electron chi connectivity index (χ1n) is 5.63. The van der Waals surface area contributed by atoms with E-state index in [1.807, 2.05) is 6.92 Å². The van der Waals surface area contributed by atoms with Crippen LogP contribution in [0.1, 0.15) is 27.7 Å². The molecule has 0 aromatic rings. The number of amides is 1. The van der Waals surface area contributed by atoms with Crippen LogP contribution in [0.3, 0.4) is 0 Å². The second kappa shape index (κ2) is 8.10. The molecule has 0 bridgehead atoms. The van der Waals surface area contributed by atoms with Gasteiger partial charge >= 0.3 is 6.09 Å². The maximum Gasteiger partial charge on any atom is 0.422 e. The lowest BCUT2D eigenvalue weighted by molar-refractivity contribution is 0.0501. The van der Waals surface area contributed by atoms with E-state index in [0.29, 0.717) is 17.7 Å². The van der Waals surface area contributed by atoms with Gasteiger partial charge in [0.2, 0.25) is 0 Å². The number of carbonyl (C=O) groups is 1. The average Bonchev–Trinajstić information content (AvgIpc) is 2.22. The summed E-state index contributed by atoms with van der Waals surface area (Å²) in [6.07, 6.45) is 0.884. The molecule has 4 N–H and O–H groups in total. The van der Waals surface area contributed by atoms with Crippen molar-refractivity contribution in [1.82, 2.24) is 10.9 Å². The highest BCUT2D eigenvalue weighted by molar-refractivity contribution is 9.18. The maximum atomic E-state index is 11.3. The van der Waals surface area contributed by atoms with Crippen molar-refractivity contribution in [2.45, 2.75) is 33.3 Å². The molecule has 0 aliphatic rings. The Labute approximate surface area is 116 Å². The molecule has 0 saturated carbocycles. The summed E-state index contributed by atoms with van der Waals surface area (Å²) in [6.45, 7) is 8.30. The predicted octanol–water partition coefficient (Wildman–Crippen LogP) is 1.67. The molecule has 0 heterocycles. The van der Waals surface area contributed by atoms with Crippen molar-refractivity contribution in [3.05, 3.63) is 11.8 Å². The minimum absolute atomic E-state index is 0.347. The Morgan fingerprint density at radius 1 is 1.50 bits per heavy atom. The van der Waals surface area contributed by atoms with E-state index in [4.69, 9.17) is 10.5 Å². The molecule has 1 amide bonds. The van der Waals surface area contributed by atoms with E-state index < -0.39 is 11.7 Å². The van der Waals surface area contributed by atoms with Gasteiger partial charge < -0.3 is 10.5 Å². The van der Waals surface area contributed by atoms with Crippen LogP contribution in [-0.2, 0) is 4.74 Å². The van der Waals surface area contributed by atoms with Crippen molar-refractivity contribution in [3.63, 3.8) is 0 Å². The Kier molecular flexibility index (Phi) is 7.61. The summed E-state index contributed by atoms with van der Waals surface area (Å²) in [4.78, 5) is 15.5. The number of carbonyl (C=O) groups excluding carboxylic acids is 1. The maximum absolute atomic E-state index is 11.3. The Balaban J connectivity index is 4.11. The lowest BCUT2D eigenvalue weighted by Gasteiger charge is -2.20. The van der Waals surface area contributed by atoms with Crippen molar-refractivity contribution in [2.75, 3.05) is 13.1 Å². The van der Waals surface area contributed by atoms with E-state index in [1.165, 1.54) is 6.20 Å². The summed E-state index contributed by atoms with van der Waals surface area (Å²) in [7, 11) is 0. The summed E-state index contributed by atoms with van der Waals surface area (Å²) >= 11 is 3.30. The van der Waals surface area contributed by atoms with Crippen molar-refractivity contribution in [2.24, 2.45) is 10.7 Å². The molecule has 0 aliphatic heterocycles. The monoisotopic (exact) mass is 320 g/mol. The minimum Gasteiger partial charge on any atom is -0.443 e. The molecule has 0 atom stereocenters. The number of rotatable bonds is 5. The molecule has 0 unspecified atom stereocenters. The van der Waals surface area contributed by atoms with Crippen LogP contribution in [0.4, 0.5) is 4.79 Å². The van der Waals surface area contributed by atoms with Crippen LogP contribution in [0.25, 0.3) is 0 Å². The Bertz CT molecular complexity index is 334. The third-order valence-corrected chi connectivity index (χ3v) is 2.39. The van der Waals surface area contributed by atoms with Crippen LogP contribution >= 0.6 is 15.9 Å². The number of aliphatic imine (C=N–C) groups is 1. The molecular weight excluding hydrogens is 300 g/mol. The number of hydrogen-bond donors (Lipinski definition) is 3. The van der Waals surface area contributed by atoms with Gasteiger partial charge in [-0.2, -0.15) is 0 Å². The third-order valence-electron chi connectivity index (χ3n) is 1.63. The van der Waals surface area contributed by atoms with Gasteiger partial charge in [-0.3, -0.25) is 10.4 Å². The SMILES string of the molecule is CCN=C(Br)C(=CN)CNNC(=O)OC(C)(C)C. The molecule has 0 saturated heterocycles. The summed E-state index contributed by atoms with van der Waals surface area (Å²) < 4.78 is 5.71. The number of hydrogen-bond acceptors (Lipinski definition) is 5. The van der Waals surface area contributed by atoms with Gasteiger partial charge in [0.15, 0.2) is 0 Å². The standard InChI is InChI=1S/C11H21BrN4O2/c1-5-14-9(12)8(6-13)7-15-16-10(17)18-11(2,3)4/h6,15H,5,7,13H2,1-4H3,(H,16,17). The topological polar surface area (TPSA) is 88.7 Å². The van der Waals surface area contributed by atoms with Gasteiger partial charge in [0.25, 0.3) is 0 Å². The van der Waals surface area contributed by atoms with Crippen LogP contribution in [0.5, 0.6) is 0 Å². The summed E-state index contributed by atoms with van der Waals surface area (Å²) in [5, 5.41) is 0. The van der Waals surface area contributed by atoms with Gasteiger partial charge in [0.1, 0.15) is 10.2 Å². The summed E-state index contributed by atoms with van der Waals surface area (Å²) in [5.41, 5.74) is 10.8. The molecule has 0 spiro atoms. The number of hydrazine groups is 1. The van der Waals surface area contributed by atoms with Gasteiger partial charge in [-0.25, -0.2) is 10.2 Å². The second-order valence-electron chi connectivity index (χ2n) is 4.44. The molecule has 6 nitrogen and oxygen atoms in total. The number of nitrogens with one attached hydrogen (secondary N) is 2. The number of nitrogens with two attached hydrogens (primary N) is 1. The van der Waals surface area contributed by atoms with E-state index in [9.17, 15) is 4.79 Å². The van der Waals surface area contributed by atoms with Gasteiger partial charge in [0, 0.05) is 24.9 Å². The molecular formula is C11H21BrN4O2. The quantitative estimate of drug-likeness (QED) is 0.531. The predicted molar refractivity (Wildman–Crippen MR) is 76.5 cm³/mol. The molecule has 0 aromatic carbocycles. The van der Waals surface area contributed by atoms with E-state index >= 15 is 0 Å². The highest BCUT2D eigenvalue weighted by Crippen LogP contribution is 2.06. The highest BCUT2D eigenvalue weighted by Gasteiger charge is 2.15. The Morgan fingerprint density at radius 2 is 2.11 bits per heavy atom. The lowest BCUT2D eigenvalue weighted by atomic mass is 10.2. The fourth-order valence-corrected chi connectivity index (χ4v) is 1.48. The molecule has 0 aliphatic carbocycles. The van der Waals surface area contributed by atoms with Crippen LogP contribution in [0.15, 0.2) is 16.8 Å². The first-order chi connectivity index (χ1) is 8.30. The largest absolute Gasteiger partial charge is 0.443 e. The molecule has 0 radical (unpaired) electrons. The lowest BCUT2D eigenvalue weighted by Crippen LogP contribution is -2.42. The van der Waals surface area contributed by atoms with Crippen molar-refractivity contribution < 1.29 is 9.53 Å². The van der Waals surface area contributed by atoms with E-state index in [2.05, 4.69) is 31.8 Å². The Morgan fingerprint density at radius 3 is 2.56 bits per heavy atom. The number of halogens is 1. The minimum atomic E-state index is -0.539. The molecule has 18 heavy (non-hydrogen) atoms. The summed E-state index contributed by atoms with van der Waals surface area (Å²) in [6, 6.07) is 0. The normalized spacial score (nSPS) is 13.4. The fourth-order valence-electron chi connectivity index (χ4n) is 0.956. The zero-order valence-electron chi connectivity index (χ0n) is 11.2. The molecule has 0 fully saturated rings. The molecule has 7 heteroatoms. The molecule has 104 valence electrons. The van der Waals surface area contributed by atoms with E-state index in [-0.39, 0.29) is 0 Å². The molecule has 0 aromatic heterocycles. The van der Waals surface area contributed by atoms with Gasteiger partial charge in [-0.1, -0.05) is 0 Å². The summed E-state index contributed by atoms with van der Waals surface area (Å²) in [5.74, 6) is 0. The van der Waals surface area contributed by atoms with E-state index in [0.717, 1.165) is 5.57 Å². The highest BCUT2D eigenvalue weighted by atomic mass is 79.9. The van der Waals surface area contributed by atoms with Crippen LogP contribution < -0.4 is 16.6 Å². The van der Waals surface area contributed by atoms with Crippen LogP contribution in [-0.4, -0.2) is 29.4 Å². The third kappa shape index (κ3) is 8.08. The van der Waals surface area contributed by atoms with Crippen molar-refractivity contribution >= 4 is 26.6 Å². The number of nitrogens with zero attached hydrogens (tertiary/aromatic N) is 1. The first kappa shape index (κ1) is 16.9. The van der Waals surface area contributed by atoms with Gasteiger partial charge in [-0.05, 0) is 43.6 Å². The van der Waals surface area contributed by atoms with Crippen LogP contribution in [0, 0.1) is 0 Å². The van der Waals surface area contributed by atoms with Gasteiger partial charge in [0.05, 0.1) is 0 Å². The second-order valence-corrected chi connectivity index (χ2v) is 5.19. The molecule has 0 rings (SSSR count). The Hall–Kier alpha value is -1.08. The first-order valence-corrected chi connectivity index (χ1v) is 6.42. The zero-order chi connectivity index (χ0) is 14.2. The van der Waals surface area contributed by atoms with E-state index in [1.54, 1.807) is 20.8 Å².